The summed E-state index contributed by atoms with van der Waals surface area (Å²) in [6.45, 7) is 4.17. The van der Waals surface area contributed by atoms with E-state index in [0.717, 1.165) is 43.9 Å². The summed E-state index contributed by atoms with van der Waals surface area (Å²) >= 11 is 0. The van der Waals surface area contributed by atoms with Crippen molar-refractivity contribution in [1.82, 2.24) is 15.1 Å². The fourth-order valence-electron chi connectivity index (χ4n) is 4.38. The Balaban J connectivity index is 1.34. The predicted octanol–water partition coefficient (Wildman–Crippen LogP) is 2.40. The van der Waals surface area contributed by atoms with E-state index in [1.807, 2.05) is 23.1 Å². The van der Waals surface area contributed by atoms with Crippen LogP contribution >= 0.6 is 0 Å². The van der Waals surface area contributed by atoms with Gasteiger partial charge in [0.25, 0.3) is 0 Å². The first-order valence-electron chi connectivity index (χ1n) is 11.2. The number of hydrogen-bond donors (Lipinski definition) is 2. The number of aliphatic hydroxyl groups is 1. The van der Waals surface area contributed by atoms with Crippen molar-refractivity contribution < 1.29 is 14.6 Å². The van der Waals surface area contributed by atoms with Gasteiger partial charge in [-0.25, -0.2) is 0 Å². The van der Waals surface area contributed by atoms with Gasteiger partial charge in [-0.1, -0.05) is 31.4 Å². The molecule has 2 N–H and O–H groups in total. The standard InChI is InChI=1S/C23H37N3O3/c1-25(20-8-3-2-4-9-20)17-21(27)18-29-22-10-5-7-19(15-22)16-24-12-14-26-13-6-11-23(26)28/h5,7,10,15,20-21,24,27H,2-4,6,8-9,11-14,16-18H2,1H3/t21-/m1/s1. The highest BCUT2D eigenvalue weighted by Crippen LogP contribution is 2.22. The van der Waals surface area contributed by atoms with Gasteiger partial charge in [-0.2, -0.15) is 0 Å². The number of rotatable bonds is 11. The van der Waals surface area contributed by atoms with Gasteiger partial charge in [0.2, 0.25) is 5.91 Å². The van der Waals surface area contributed by atoms with Crippen molar-refractivity contribution in [2.45, 2.75) is 63.6 Å². The molecule has 1 atom stereocenters. The molecule has 1 aliphatic heterocycles. The zero-order valence-electron chi connectivity index (χ0n) is 17.8. The summed E-state index contributed by atoms with van der Waals surface area (Å²) in [6.07, 6.45) is 7.63. The predicted molar refractivity (Wildman–Crippen MR) is 115 cm³/mol. The lowest BCUT2D eigenvalue weighted by Gasteiger charge is -2.32. The Hall–Kier alpha value is -1.63. The smallest absolute Gasteiger partial charge is 0.222 e. The number of likely N-dealkylation sites (tertiary alicyclic amines) is 1. The zero-order chi connectivity index (χ0) is 20.5. The molecule has 1 aliphatic carbocycles. The number of nitrogens with one attached hydrogen (secondary N) is 1. The fourth-order valence-corrected chi connectivity index (χ4v) is 4.38. The maximum absolute atomic E-state index is 11.6. The third-order valence-corrected chi connectivity index (χ3v) is 6.10. The second-order valence-electron chi connectivity index (χ2n) is 8.50. The fraction of sp³-hybridized carbons (Fsp3) is 0.696. The number of hydrogen-bond acceptors (Lipinski definition) is 5. The quantitative estimate of drug-likeness (QED) is 0.556. The third-order valence-electron chi connectivity index (χ3n) is 6.10. The molecule has 0 bridgehead atoms. The molecule has 1 saturated heterocycles. The highest BCUT2D eigenvalue weighted by atomic mass is 16.5. The second-order valence-corrected chi connectivity index (χ2v) is 8.50. The van der Waals surface area contributed by atoms with Gasteiger partial charge in [-0.05, 0) is 44.0 Å². The lowest BCUT2D eigenvalue weighted by Crippen LogP contribution is -2.40. The number of aliphatic hydroxyl groups excluding tert-OH is 1. The second kappa shape index (κ2) is 11.5. The molecule has 2 aliphatic rings. The van der Waals surface area contributed by atoms with Crippen LogP contribution in [0.25, 0.3) is 0 Å². The van der Waals surface area contributed by atoms with Crippen molar-refractivity contribution in [1.29, 1.82) is 0 Å². The van der Waals surface area contributed by atoms with Crippen LogP contribution in [0.3, 0.4) is 0 Å². The summed E-state index contributed by atoms with van der Waals surface area (Å²) in [5.74, 6) is 1.06. The average Bonchev–Trinajstić information content (AvgIpc) is 3.15. The normalized spacial score (nSPS) is 19.1. The molecule has 6 heteroatoms. The van der Waals surface area contributed by atoms with E-state index in [-0.39, 0.29) is 5.91 Å². The Labute approximate surface area is 175 Å². The number of nitrogens with zero attached hydrogens (tertiary/aromatic N) is 2. The molecule has 1 aromatic carbocycles. The van der Waals surface area contributed by atoms with Crippen molar-refractivity contribution in [3.63, 3.8) is 0 Å². The number of carbonyl (C=O) groups excluding carboxylic acids is 1. The van der Waals surface area contributed by atoms with Gasteiger partial charge in [0.05, 0.1) is 0 Å². The average molecular weight is 404 g/mol. The van der Waals surface area contributed by atoms with Crippen LogP contribution in [0.4, 0.5) is 0 Å². The van der Waals surface area contributed by atoms with Gasteiger partial charge in [-0.3, -0.25) is 4.79 Å². The van der Waals surface area contributed by atoms with Crippen LogP contribution in [0.2, 0.25) is 0 Å². The lowest BCUT2D eigenvalue weighted by molar-refractivity contribution is -0.127. The van der Waals surface area contributed by atoms with E-state index in [9.17, 15) is 9.90 Å². The van der Waals surface area contributed by atoms with E-state index in [2.05, 4.69) is 23.3 Å². The van der Waals surface area contributed by atoms with Crippen molar-refractivity contribution >= 4 is 5.91 Å². The minimum Gasteiger partial charge on any atom is -0.491 e. The van der Waals surface area contributed by atoms with E-state index in [1.54, 1.807) is 0 Å². The van der Waals surface area contributed by atoms with Crippen LogP contribution in [0.1, 0.15) is 50.5 Å². The molecule has 0 aromatic heterocycles. The largest absolute Gasteiger partial charge is 0.491 e. The number of amides is 1. The molecule has 3 rings (SSSR count). The first-order chi connectivity index (χ1) is 14.1. The summed E-state index contributed by atoms with van der Waals surface area (Å²) in [5.41, 5.74) is 1.14. The molecule has 1 saturated carbocycles. The molecule has 6 nitrogen and oxygen atoms in total. The van der Waals surface area contributed by atoms with Crippen molar-refractivity contribution in [3.8, 4) is 5.75 Å². The summed E-state index contributed by atoms with van der Waals surface area (Å²) in [7, 11) is 2.11. The molecule has 1 heterocycles. The van der Waals surface area contributed by atoms with Crippen LogP contribution in [0.5, 0.6) is 5.75 Å². The van der Waals surface area contributed by atoms with E-state index < -0.39 is 6.10 Å². The first kappa shape index (κ1) is 22.1. The molecule has 1 amide bonds. The Morgan fingerprint density at radius 1 is 1.28 bits per heavy atom. The summed E-state index contributed by atoms with van der Waals surface area (Å²) in [4.78, 5) is 15.8. The molecule has 0 spiro atoms. The number of ether oxygens (including phenoxy) is 1. The molecular weight excluding hydrogens is 366 g/mol. The molecule has 1 aromatic rings. The topological polar surface area (TPSA) is 65.0 Å². The minimum atomic E-state index is -0.485. The van der Waals surface area contributed by atoms with E-state index in [0.29, 0.717) is 25.6 Å². The number of benzene rings is 1. The van der Waals surface area contributed by atoms with Crippen LogP contribution in [-0.2, 0) is 11.3 Å². The molecule has 0 radical (unpaired) electrons. The molecule has 0 unspecified atom stereocenters. The molecule has 2 fully saturated rings. The maximum atomic E-state index is 11.6. The van der Waals surface area contributed by atoms with Crippen molar-refractivity contribution in [2.24, 2.45) is 0 Å². The highest BCUT2D eigenvalue weighted by molar-refractivity contribution is 5.78. The zero-order valence-corrected chi connectivity index (χ0v) is 17.8. The first-order valence-corrected chi connectivity index (χ1v) is 11.2. The van der Waals surface area contributed by atoms with Crippen molar-refractivity contribution in [2.75, 3.05) is 39.8 Å². The Kier molecular flexibility index (Phi) is 8.77. The monoisotopic (exact) mass is 403 g/mol. The highest BCUT2D eigenvalue weighted by Gasteiger charge is 2.20. The maximum Gasteiger partial charge on any atom is 0.222 e. The molecule has 162 valence electrons. The SMILES string of the molecule is CN(C[C@@H](O)COc1cccc(CNCCN2CCCC2=O)c1)C1CCCCC1. The van der Waals surface area contributed by atoms with E-state index >= 15 is 0 Å². The van der Waals surface area contributed by atoms with Crippen molar-refractivity contribution in [3.05, 3.63) is 29.8 Å². The number of likely N-dealkylation sites (N-methyl/N-ethyl adjacent to an activating group) is 1. The lowest BCUT2D eigenvalue weighted by atomic mass is 9.94. The molecular formula is C23H37N3O3. The molecule has 29 heavy (non-hydrogen) atoms. The van der Waals surface area contributed by atoms with Gasteiger partial charge in [0.1, 0.15) is 18.5 Å². The van der Waals surface area contributed by atoms with E-state index in [4.69, 9.17) is 4.74 Å². The Morgan fingerprint density at radius 3 is 2.86 bits per heavy atom. The van der Waals surface area contributed by atoms with Gasteiger partial charge in [0.15, 0.2) is 0 Å². The Bertz CT molecular complexity index is 634. The summed E-state index contributed by atoms with van der Waals surface area (Å²) in [6, 6.07) is 8.60. The summed E-state index contributed by atoms with van der Waals surface area (Å²) < 4.78 is 5.84. The van der Waals surface area contributed by atoms with Gasteiger partial charge in [-0.15, -0.1) is 0 Å². The van der Waals surface area contributed by atoms with Gasteiger partial charge < -0.3 is 25.0 Å². The minimum absolute atomic E-state index is 0.273. The van der Waals surface area contributed by atoms with Crippen LogP contribution in [-0.4, -0.2) is 72.8 Å². The van der Waals surface area contributed by atoms with Gasteiger partial charge >= 0.3 is 0 Å². The third kappa shape index (κ3) is 7.28. The summed E-state index contributed by atoms with van der Waals surface area (Å²) in [5, 5.41) is 13.8. The van der Waals surface area contributed by atoms with Gasteiger partial charge in [0, 0.05) is 45.2 Å². The van der Waals surface area contributed by atoms with E-state index in [1.165, 1.54) is 32.1 Å². The van der Waals surface area contributed by atoms with Crippen LogP contribution in [0, 0.1) is 0 Å². The Morgan fingerprint density at radius 2 is 2.10 bits per heavy atom. The number of carbonyl (C=O) groups is 1. The van der Waals surface area contributed by atoms with Crippen LogP contribution < -0.4 is 10.1 Å². The van der Waals surface area contributed by atoms with Crippen LogP contribution in [0.15, 0.2) is 24.3 Å².